The minimum Gasteiger partial charge on any atom is -0.349 e. The maximum atomic E-state index is 3.84. The second-order valence-corrected chi connectivity index (χ2v) is 3.47. The van der Waals surface area contributed by atoms with Crippen LogP contribution in [0, 0.1) is 6.92 Å². The third kappa shape index (κ3) is 2.31. The van der Waals surface area contributed by atoms with Gasteiger partial charge in [0.15, 0.2) is 0 Å². The van der Waals surface area contributed by atoms with E-state index in [1.54, 1.807) is 11.7 Å². The Labute approximate surface area is 88.1 Å². The molecule has 15 heavy (non-hydrogen) atoms. The highest BCUT2D eigenvalue weighted by Crippen LogP contribution is 2.06. The zero-order valence-electron chi connectivity index (χ0n) is 8.81. The van der Waals surface area contributed by atoms with Crippen LogP contribution in [0.3, 0.4) is 0 Å². The first kappa shape index (κ1) is 9.64. The molecular formula is C10H13N5. The molecule has 0 atom stereocenters. The van der Waals surface area contributed by atoms with E-state index in [1.165, 1.54) is 11.1 Å². The Hall–Kier alpha value is -1.91. The van der Waals surface area contributed by atoms with Crippen molar-refractivity contribution >= 4 is 5.95 Å². The van der Waals surface area contributed by atoms with Crippen LogP contribution in [-0.2, 0) is 13.6 Å². The Bertz CT molecular complexity index is 449. The van der Waals surface area contributed by atoms with Crippen LogP contribution >= 0.6 is 0 Å². The topological polar surface area (TPSA) is 55.6 Å². The van der Waals surface area contributed by atoms with Crippen molar-refractivity contribution in [3.05, 3.63) is 35.4 Å². The summed E-state index contributed by atoms with van der Waals surface area (Å²) < 4.78 is 1.61. The molecule has 1 heterocycles. The van der Waals surface area contributed by atoms with Crippen LogP contribution in [0.5, 0.6) is 0 Å². The lowest BCUT2D eigenvalue weighted by atomic mass is 10.1. The molecule has 2 rings (SSSR count). The van der Waals surface area contributed by atoms with Gasteiger partial charge in [-0.3, -0.25) is 0 Å². The molecule has 1 N–H and O–H groups in total. The van der Waals surface area contributed by atoms with Crippen molar-refractivity contribution in [3.8, 4) is 0 Å². The van der Waals surface area contributed by atoms with Crippen molar-refractivity contribution in [1.29, 1.82) is 0 Å². The van der Waals surface area contributed by atoms with E-state index in [-0.39, 0.29) is 0 Å². The van der Waals surface area contributed by atoms with E-state index in [1.807, 2.05) is 6.07 Å². The summed E-state index contributed by atoms with van der Waals surface area (Å²) in [6.45, 7) is 2.81. The van der Waals surface area contributed by atoms with Gasteiger partial charge in [-0.2, -0.15) is 0 Å². The first-order chi connectivity index (χ1) is 7.25. The predicted octanol–water partition coefficient (Wildman–Crippen LogP) is 1.13. The second kappa shape index (κ2) is 4.08. The third-order valence-corrected chi connectivity index (χ3v) is 2.15. The molecule has 0 radical (unpaired) electrons. The molecule has 0 amide bonds. The van der Waals surface area contributed by atoms with Gasteiger partial charge in [-0.05, 0) is 22.9 Å². The number of aromatic nitrogens is 4. The van der Waals surface area contributed by atoms with Crippen LogP contribution < -0.4 is 5.32 Å². The van der Waals surface area contributed by atoms with E-state index in [2.05, 4.69) is 46.0 Å². The summed E-state index contributed by atoms with van der Waals surface area (Å²) in [7, 11) is 1.80. The zero-order valence-corrected chi connectivity index (χ0v) is 8.81. The number of nitrogens with one attached hydrogen (secondary N) is 1. The SMILES string of the molecule is Cc1cccc(CNc2nnnn2C)c1. The minimum atomic E-state index is 0.677. The summed E-state index contributed by atoms with van der Waals surface area (Å²) in [5.41, 5.74) is 2.48. The fourth-order valence-electron chi connectivity index (χ4n) is 1.38. The van der Waals surface area contributed by atoms with E-state index in [0.717, 1.165) is 6.54 Å². The summed E-state index contributed by atoms with van der Waals surface area (Å²) in [4.78, 5) is 0. The smallest absolute Gasteiger partial charge is 0.242 e. The standard InChI is InChI=1S/C10H13N5/c1-8-4-3-5-9(6-8)7-11-10-12-13-14-15(10)2/h3-6H,7H2,1-2H3,(H,11,12,14). The molecule has 0 unspecified atom stereocenters. The van der Waals surface area contributed by atoms with E-state index >= 15 is 0 Å². The zero-order chi connectivity index (χ0) is 10.7. The molecule has 5 heteroatoms. The van der Waals surface area contributed by atoms with Gasteiger partial charge < -0.3 is 5.32 Å². The Morgan fingerprint density at radius 1 is 1.40 bits per heavy atom. The minimum absolute atomic E-state index is 0.677. The number of anilines is 1. The van der Waals surface area contributed by atoms with Gasteiger partial charge in [-0.1, -0.05) is 34.9 Å². The molecule has 0 saturated heterocycles. The van der Waals surface area contributed by atoms with E-state index < -0.39 is 0 Å². The Morgan fingerprint density at radius 2 is 2.27 bits per heavy atom. The molecule has 0 aliphatic rings. The lowest BCUT2D eigenvalue weighted by molar-refractivity contribution is 0.712. The molecule has 0 saturated carbocycles. The fourth-order valence-corrected chi connectivity index (χ4v) is 1.38. The third-order valence-electron chi connectivity index (χ3n) is 2.15. The summed E-state index contributed by atoms with van der Waals surface area (Å²) >= 11 is 0. The fraction of sp³-hybridized carbons (Fsp3) is 0.300. The number of aryl methyl sites for hydroxylation is 2. The van der Waals surface area contributed by atoms with Crippen molar-refractivity contribution < 1.29 is 0 Å². The van der Waals surface area contributed by atoms with Gasteiger partial charge in [0.2, 0.25) is 5.95 Å². The summed E-state index contributed by atoms with van der Waals surface area (Å²) in [6, 6.07) is 8.33. The van der Waals surface area contributed by atoms with Gasteiger partial charge in [0.25, 0.3) is 0 Å². The van der Waals surface area contributed by atoms with Gasteiger partial charge in [0.1, 0.15) is 0 Å². The van der Waals surface area contributed by atoms with Crippen LogP contribution in [0.2, 0.25) is 0 Å². The average Bonchev–Trinajstić information content (AvgIpc) is 2.61. The Balaban J connectivity index is 2.02. The molecule has 0 bridgehead atoms. The predicted molar refractivity (Wildman–Crippen MR) is 57.3 cm³/mol. The molecular weight excluding hydrogens is 190 g/mol. The Kier molecular flexibility index (Phi) is 2.62. The molecule has 0 aliphatic carbocycles. The van der Waals surface area contributed by atoms with Crippen LogP contribution in [0.4, 0.5) is 5.95 Å². The van der Waals surface area contributed by atoms with Gasteiger partial charge >= 0.3 is 0 Å². The van der Waals surface area contributed by atoms with Gasteiger partial charge in [-0.25, -0.2) is 4.68 Å². The number of benzene rings is 1. The molecule has 0 fully saturated rings. The number of nitrogens with zero attached hydrogens (tertiary/aromatic N) is 4. The van der Waals surface area contributed by atoms with Crippen LogP contribution in [0.1, 0.15) is 11.1 Å². The van der Waals surface area contributed by atoms with Crippen molar-refractivity contribution in [2.75, 3.05) is 5.32 Å². The van der Waals surface area contributed by atoms with Gasteiger partial charge in [-0.15, -0.1) is 0 Å². The van der Waals surface area contributed by atoms with Crippen molar-refractivity contribution in [1.82, 2.24) is 20.2 Å². The normalized spacial score (nSPS) is 10.3. The number of hydrogen-bond acceptors (Lipinski definition) is 4. The highest BCUT2D eigenvalue weighted by atomic mass is 15.6. The van der Waals surface area contributed by atoms with Gasteiger partial charge in [0, 0.05) is 13.6 Å². The summed E-state index contributed by atoms with van der Waals surface area (Å²) in [6.07, 6.45) is 0. The largest absolute Gasteiger partial charge is 0.349 e. The van der Waals surface area contributed by atoms with E-state index in [9.17, 15) is 0 Å². The molecule has 0 aliphatic heterocycles. The van der Waals surface area contributed by atoms with E-state index in [0.29, 0.717) is 5.95 Å². The van der Waals surface area contributed by atoms with Crippen LogP contribution in [-0.4, -0.2) is 20.2 Å². The van der Waals surface area contributed by atoms with Crippen LogP contribution in [0.15, 0.2) is 24.3 Å². The lowest BCUT2D eigenvalue weighted by Gasteiger charge is -2.04. The molecule has 5 nitrogen and oxygen atoms in total. The maximum Gasteiger partial charge on any atom is 0.242 e. The van der Waals surface area contributed by atoms with Crippen molar-refractivity contribution in [3.63, 3.8) is 0 Å². The van der Waals surface area contributed by atoms with Crippen molar-refractivity contribution in [2.45, 2.75) is 13.5 Å². The number of tetrazole rings is 1. The highest BCUT2D eigenvalue weighted by molar-refractivity contribution is 5.28. The highest BCUT2D eigenvalue weighted by Gasteiger charge is 2.00. The average molecular weight is 203 g/mol. The molecule has 1 aromatic carbocycles. The molecule has 0 spiro atoms. The van der Waals surface area contributed by atoms with Gasteiger partial charge in [0.05, 0.1) is 0 Å². The van der Waals surface area contributed by atoms with Crippen LogP contribution in [0.25, 0.3) is 0 Å². The Morgan fingerprint density at radius 3 is 2.93 bits per heavy atom. The molecule has 78 valence electrons. The summed E-state index contributed by atoms with van der Waals surface area (Å²) in [5, 5.41) is 14.3. The number of hydrogen-bond donors (Lipinski definition) is 1. The van der Waals surface area contributed by atoms with Crippen molar-refractivity contribution in [2.24, 2.45) is 7.05 Å². The first-order valence-electron chi connectivity index (χ1n) is 4.77. The monoisotopic (exact) mass is 203 g/mol. The number of rotatable bonds is 3. The first-order valence-corrected chi connectivity index (χ1v) is 4.77. The quantitative estimate of drug-likeness (QED) is 0.812. The second-order valence-electron chi connectivity index (χ2n) is 3.47. The van der Waals surface area contributed by atoms with E-state index in [4.69, 9.17) is 0 Å². The lowest BCUT2D eigenvalue weighted by Crippen LogP contribution is -2.05. The molecule has 2 aromatic rings. The maximum absolute atomic E-state index is 3.84. The summed E-state index contributed by atoms with van der Waals surface area (Å²) in [5.74, 6) is 0.677. The molecule has 1 aromatic heterocycles.